The highest BCUT2D eigenvalue weighted by Gasteiger charge is 2.32. The van der Waals surface area contributed by atoms with Crippen molar-refractivity contribution < 1.29 is 18.0 Å². The van der Waals surface area contributed by atoms with Gasteiger partial charge in [0.1, 0.15) is 5.82 Å². The normalized spacial score (nSPS) is 17.8. The summed E-state index contributed by atoms with van der Waals surface area (Å²) in [6.45, 7) is 7.97. The van der Waals surface area contributed by atoms with E-state index < -0.39 is 17.6 Å². The number of carbonyl (C=O) groups is 1. The first-order chi connectivity index (χ1) is 18.6. The fraction of sp³-hybridized carbons (Fsp3) is 0.333. The Balaban J connectivity index is 1.32. The Kier molecular flexibility index (Phi) is 7.25. The molecule has 0 saturated carbocycles. The second-order valence-corrected chi connectivity index (χ2v) is 10.5. The number of amides is 1. The molecule has 0 radical (unpaired) electrons. The molecule has 1 aromatic carbocycles. The van der Waals surface area contributed by atoms with Gasteiger partial charge in [-0.25, -0.2) is 9.97 Å². The number of halogens is 3. The van der Waals surface area contributed by atoms with Gasteiger partial charge in [-0.3, -0.25) is 9.78 Å². The van der Waals surface area contributed by atoms with Gasteiger partial charge in [0.05, 0.1) is 34.7 Å². The van der Waals surface area contributed by atoms with Crippen molar-refractivity contribution in [2.45, 2.75) is 39.9 Å². The molecule has 2 atom stereocenters. The van der Waals surface area contributed by atoms with E-state index in [2.05, 4.69) is 29.0 Å². The molecule has 0 aliphatic carbocycles. The number of carbonyl (C=O) groups excluding carboxylic acids is 1. The molecule has 0 spiro atoms. The number of hydrogen-bond donors (Lipinski definition) is 1. The lowest BCUT2D eigenvalue weighted by Gasteiger charge is -2.35. The minimum absolute atomic E-state index is 0.00213. The van der Waals surface area contributed by atoms with E-state index in [1.54, 1.807) is 12.3 Å². The molecule has 1 saturated heterocycles. The second-order valence-electron chi connectivity index (χ2n) is 10.5. The van der Waals surface area contributed by atoms with Gasteiger partial charge in [-0.2, -0.15) is 13.2 Å². The number of fused-ring (bicyclic) bond motifs is 1. The number of aryl methyl sites for hydroxylation is 1. The molecule has 3 aromatic heterocycles. The van der Waals surface area contributed by atoms with Gasteiger partial charge in [0.2, 0.25) is 0 Å². The summed E-state index contributed by atoms with van der Waals surface area (Å²) in [4.78, 5) is 29.0. The van der Waals surface area contributed by atoms with Crippen molar-refractivity contribution in [3.8, 4) is 11.4 Å². The number of pyridine rings is 3. The number of rotatable bonds is 5. The summed E-state index contributed by atoms with van der Waals surface area (Å²) in [6.07, 6.45) is -1.54. The standard InChI is InChI=1S/C30H30F3N5O/c1-18-11-19(2)17-38(16-18)28-6-4-5-25(37-28)26-10-8-22-14-34-23(13-27(22)36-26)15-35-29(39)21-7-9-24(20(3)12-21)30(31,32)33/h4-10,12-14,18-19H,11,15-17H2,1-3H3,(H,35,39). The number of hydrogen-bond acceptors (Lipinski definition) is 5. The molecule has 39 heavy (non-hydrogen) atoms. The van der Waals surface area contributed by atoms with Crippen LogP contribution in [-0.2, 0) is 12.7 Å². The molecule has 1 N–H and O–H groups in total. The summed E-state index contributed by atoms with van der Waals surface area (Å²) >= 11 is 0. The second kappa shape index (κ2) is 10.6. The van der Waals surface area contributed by atoms with Crippen LogP contribution in [-0.4, -0.2) is 33.9 Å². The number of alkyl halides is 3. The van der Waals surface area contributed by atoms with Crippen LogP contribution in [0.25, 0.3) is 22.3 Å². The zero-order chi connectivity index (χ0) is 27.7. The third kappa shape index (κ3) is 6.02. The molecule has 9 heteroatoms. The summed E-state index contributed by atoms with van der Waals surface area (Å²) in [6, 6.07) is 15.0. The Labute approximate surface area is 225 Å². The van der Waals surface area contributed by atoms with Crippen molar-refractivity contribution in [1.29, 1.82) is 0 Å². The third-order valence-electron chi connectivity index (χ3n) is 7.04. The summed E-state index contributed by atoms with van der Waals surface area (Å²) in [5.74, 6) is 1.71. The Morgan fingerprint density at radius 3 is 2.46 bits per heavy atom. The van der Waals surface area contributed by atoms with Gasteiger partial charge < -0.3 is 10.2 Å². The van der Waals surface area contributed by atoms with E-state index in [4.69, 9.17) is 9.97 Å². The molecule has 1 aliphatic rings. The molecule has 1 amide bonds. The van der Waals surface area contributed by atoms with E-state index in [-0.39, 0.29) is 17.7 Å². The predicted molar refractivity (Wildman–Crippen MR) is 145 cm³/mol. The highest BCUT2D eigenvalue weighted by atomic mass is 19.4. The maximum absolute atomic E-state index is 13.0. The van der Waals surface area contributed by atoms with Gasteiger partial charge in [-0.05, 0) is 79.3 Å². The van der Waals surface area contributed by atoms with Crippen LogP contribution in [0.4, 0.5) is 19.0 Å². The van der Waals surface area contributed by atoms with Crippen LogP contribution in [0, 0.1) is 18.8 Å². The van der Waals surface area contributed by atoms with Crippen molar-refractivity contribution in [2.24, 2.45) is 11.8 Å². The first kappa shape index (κ1) is 26.6. The van der Waals surface area contributed by atoms with Gasteiger partial charge in [0, 0.05) is 30.2 Å². The highest BCUT2D eigenvalue weighted by Crippen LogP contribution is 2.32. The zero-order valence-electron chi connectivity index (χ0n) is 22.1. The molecule has 202 valence electrons. The van der Waals surface area contributed by atoms with E-state index in [0.29, 0.717) is 23.0 Å². The van der Waals surface area contributed by atoms with Gasteiger partial charge in [-0.1, -0.05) is 19.9 Å². The van der Waals surface area contributed by atoms with Crippen LogP contribution in [0.15, 0.2) is 60.8 Å². The van der Waals surface area contributed by atoms with Crippen LogP contribution in [0.3, 0.4) is 0 Å². The third-order valence-corrected chi connectivity index (χ3v) is 7.04. The van der Waals surface area contributed by atoms with E-state index in [1.165, 1.54) is 25.5 Å². The van der Waals surface area contributed by atoms with Gasteiger partial charge in [0.15, 0.2) is 0 Å². The van der Waals surface area contributed by atoms with Crippen LogP contribution < -0.4 is 10.2 Å². The topological polar surface area (TPSA) is 71.0 Å². The monoisotopic (exact) mass is 533 g/mol. The molecule has 1 fully saturated rings. The molecule has 5 rings (SSSR count). The van der Waals surface area contributed by atoms with Gasteiger partial charge in [0.25, 0.3) is 5.91 Å². The summed E-state index contributed by atoms with van der Waals surface area (Å²) in [7, 11) is 0. The largest absolute Gasteiger partial charge is 0.416 e. The fourth-order valence-corrected chi connectivity index (χ4v) is 5.29. The molecule has 4 heterocycles. The minimum atomic E-state index is -4.46. The Bertz CT molecular complexity index is 1510. The quantitative estimate of drug-likeness (QED) is 0.320. The van der Waals surface area contributed by atoms with E-state index in [9.17, 15) is 18.0 Å². The van der Waals surface area contributed by atoms with Crippen LogP contribution in [0.2, 0.25) is 0 Å². The molecular formula is C30H30F3N5O. The average molecular weight is 534 g/mol. The predicted octanol–water partition coefficient (Wildman–Crippen LogP) is 6.43. The smallest absolute Gasteiger partial charge is 0.356 e. The highest BCUT2D eigenvalue weighted by molar-refractivity contribution is 5.94. The Morgan fingerprint density at radius 1 is 1.00 bits per heavy atom. The number of piperidine rings is 1. The maximum Gasteiger partial charge on any atom is 0.416 e. The first-order valence-electron chi connectivity index (χ1n) is 13.0. The van der Waals surface area contributed by atoms with Crippen molar-refractivity contribution in [3.05, 3.63) is 83.2 Å². The van der Waals surface area contributed by atoms with E-state index in [1.807, 2.05) is 30.3 Å². The number of aromatic nitrogens is 3. The number of nitrogens with zero attached hydrogens (tertiary/aromatic N) is 4. The van der Waals surface area contributed by atoms with E-state index in [0.717, 1.165) is 41.7 Å². The van der Waals surface area contributed by atoms with Crippen LogP contribution in [0.1, 0.15) is 47.4 Å². The Morgan fingerprint density at radius 2 is 1.74 bits per heavy atom. The molecule has 0 bridgehead atoms. The lowest BCUT2D eigenvalue weighted by Crippen LogP contribution is -2.39. The number of anilines is 1. The fourth-order valence-electron chi connectivity index (χ4n) is 5.29. The molecule has 4 aromatic rings. The molecule has 6 nitrogen and oxygen atoms in total. The number of nitrogens with one attached hydrogen (secondary N) is 1. The zero-order valence-corrected chi connectivity index (χ0v) is 22.1. The molecule has 1 aliphatic heterocycles. The minimum Gasteiger partial charge on any atom is -0.356 e. The lowest BCUT2D eigenvalue weighted by atomic mass is 9.92. The lowest BCUT2D eigenvalue weighted by molar-refractivity contribution is -0.138. The average Bonchev–Trinajstić information content (AvgIpc) is 2.90. The van der Waals surface area contributed by atoms with Crippen molar-refractivity contribution in [1.82, 2.24) is 20.3 Å². The summed E-state index contributed by atoms with van der Waals surface area (Å²) in [5, 5.41) is 3.58. The SMILES string of the molecule is Cc1cc(C(=O)NCc2cc3nc(-c4cccc(N5CC(C)CC(C)C5)n4)ccc3cn2)ccc1C(F)(F)F. The Hall–Kier alpha value is -4.01. The number of benzene rings is 1. The van der Waals surface area contributed by atoms with Crippen LogP contribution >= 0.6 is 0 Å². The van der Waals surface area contributed by atoms with Crippen molar-refractivity contribution in [3.63, 3.8) is 0 Å². The van der Waals surface area contributed by atoms with Gasteiger partial charge in [-0.15, -0.1) is 0 Å². The van der Waals surface area contributed by atoms with Gasteiger partial charge >= 0.3 is 6.18 Å². The molecule has 2 unspecified atom stereocenters. The first-order valence-corrected chi connectivity index (χ1v) is 13.0. The van der Waals surface area contributed by atoms with Crippen LogP contribution in [0.5, 0.6) is 0 Å². The molecular weight excluding hydrogens is 503 g/mol. The maximum atomic E-state index is 13.0. The van der Waals surface area contributed by atoms with Crippen molar-refractivity contribution >= 4 is 22.6 Å². The van der Waals surface area contributed by atoms with Crippen molar-refractivity contribution in [2.75, 3.05) is 18.0 Å². The van der Waals surface area contributed by atoms with E-state index >= 15 is 0 Å². The summed E-state index contributed by atoms with van der Waals surface area (Å²) < 4.78 is 39.1. The summed E-state index contributed by atoms with van der Waals surface area (Å²) in [5.41, 5.74) is 2.22.